The average Bonchev–Trinajstić information content (AvgIpc) is 2.99. The Labute approximate surface area is 148 Å². The Kier molecular flexibility index (Phi) is 5.07. The Balaban J connectivity index is 2.10. The van der Waals surface area contributed by atoms with Crippen molar-refractivity contribution in [2.24, 2.45) is 0 Å². The van der Waals surface area contributed by atoms with Gasteiger partial charge in [-0.2, -0.15) is 0 Å². The number of anilines is 2. The molecule has 1 aliphatic heterocycles. The van der Waals surface area contributed by atoms with Crippen molar-refractivity contribution in [1.29, 1.82) is 0 Å². The average molecular weight is 357 g/mol. The standard InChI is InChI=1S/C19H22N2O3P/c1-2-18(15-19(22)23)25(24)20(16-9-5-3-6-10-16)13-14-21(25)17-11-7-4-8-12-17/h2-12,24H,13-15H2,1H3,(H,22,23)/b18-2-. The van der Waals surface area contributed by atoms with Gasteiger partial charge in [-0.15, -0.1) is 0 Å². The molecule has 0 atom stereocenters. The molecule has 2 N–H and O–H groups in total. The lowest BCUT2D eigenvalue weighted by Crippen LogP contribution is -2.26. The number of hydrogen-bond acceptors (Lipinski definition) is 4. The van der Waals surface area contributed by atoms with E-state index in [1.807, 2.05) is 70.0 Å². The van der Waals surface area contributed by atoms with Crippen LogP contribution in [-0.4, -0.2) is 29.1 Å². The van der Waals surface area contributed by atoms with Gasteiger partial charge in [0.1, 0.15) is 0 Å². The lowest BCUT2D eigenvalue weighted by atomic mass is 10.3. The van der Waals surface area contributed by atoms with Crippen molar-refractivity contribution in [2.75, 3.05) is 22.4 Å². The molecule has 5 nitrogen and oxygen atoms in total. The third-order valence-corrected chi connectivity index (χ3v) is 7.75. The first-order chi connectivity index (χ1) is 12.1. The van der Waals surface area contributed by atoms with Crippen molar-refractivity contribution >= 4 is 25.1 Å². The summed E-state index contributed by atoms with van der Waals surface area (Å²) in [5, 5.41) is 9.89. The molecule has 0 aromatic heterocycles. The molecule has 0 saturated carbocycles. The van der Waals surface area contributed by atoms with Crippen LogP contribution in [0.5, 0.6) is 0 Å². The monoisotopic (exact) mass is 357 g/mol. The van der Waals surface area contributed by atoms with Crippen LogP contribution in [0, 0.1) is 0 Å². The second-order valence-electron chi connectivity index (χ2n) is 5.84. The molecule has 0 aliphatic carbocycles. The molecule has 1 saturated heterocycles. The minimum absolute atomic E-state index is 0.173. The number of aliphatic carboxylic acids is 1. The highest BCUT2D eigenvalue weighted by Gasteiger charge is 2.48. The number of hydrogen-bond donors (Lipinski definition) is 2. The second kappa shape index (κ2) is 7.26. The van der Waals surface area contributed by atoms with E-state index >= 15 is 0 Å². The Morgan fingerprint density at radius 2 is 1.44 bits per heavy atom. The van der Waals surface area contributed by atoms with Crippen LogP contribution in [-0.2, 0) is 4.79 Å². The topological polar surface area (TPSA) is 64.0 Å². The predicted octanol–water partition coefficient (Wildman–Crippen LogP) is 4.15. The van der Waals surface area contributed by atoms with Crippen LogP contribution in [0.25, 0.3) is 0 Å². The van der Waals surface area contributed by atoms with E-state index in [2.05, 4.69) is 0 Å². The minimum Gasteiger partial charge on any atom is -0.481 e. The highest BCUT2D eigenvalue weighted by atomic mass is 31.2. The van der Waals surface area contributed by atoms with Crippen molar-refractivity contribution in [2.45, 2.75) is 13.3 Å². The van der Waals surface area contributed by atoms with Gasteiger partial charge >= 0.3 is 5.97 Å². The summed E-state index contributed by atoms with van der Waals surface area (Å²) in [7, 11) is -3.00. The first kappa shape index (κ1) is 17.5. The van der Waals surface area contributed by atoms with Crippen molar-refractivity contribution < 1.29 is 14.8 Å². The van der Waals surface area contributed by atoms with E-state index in [-0.39, 0.29) is 6.42 Å². The summed E-state index contributed by atoms with van der Waals surface area (Å²) in [6, 6.07) is 19.4. The van der Waals surface area contributed by atoms with Crippen LogP contribution in [0.15, 0.2) is 72.1 Å². The molecule has 0 spiro atoms. The van der Waals surface area contributed by atoms with E-state index in [1.165, 1.54) is 0 Å². The molecule has 1 fully saturated rings. The summed E-state index contributed by atoms with van der Waals surface area (Å²) in [5.41, 5.74) is 1.81. The van der Waals surface area contributed by atoms with E-state index in [0.717, 1.165) is 11.4 Å². The maximum atomic E-state index is 11.9. The molecular formula is C19H22N2O3P. The van der Waals surface area contributed by atoms with Crippen LogP contribution in [0.3, 0.4) is 0 Å². The molecule has 1 radical (unpaired) electrons. The number of carboxylic acid groups (broad SMARTS) is 1. The fraction of sp³-hybridized carbons (Fsp3) is 0.211. The fourth-order valence-electron chi connectivity index (χ4n) is 3.23. The van der Waals surface area contributed by atoms with Crippen LogP contribution in [0.4, 0.5) is 11.4 Å². The quantitative estimate of drug-likeness (QED) is 0.787. The number of carboxylic acids is 1. The van der Waals surface area contributed by atoms with Gasteiger partial charge in [-0.25, -0.2) is 0 Å². The molecule has 2 aromatic carbocycles. The van der Waals surface area contributed by atoms with E-state index in [0.29, 0.717) is 18.4 Å². The first-order valence-electron chi connectivity index (χ1n) is 8.23. The molecule has 1 aliphatic rings. The van der Waals surface area contributed by atoms with Crippen molar-refractivity contribution in [3.63, 3.8) is 0 Å². The Hall–Kier alpha value is -2.36. The summed E-state index contributed by atoms with van der Waals surface area (Å²) >= 11 is 0. The van der Waals surface area contributed by atoms with Crippen LogP contribution in [0.2, 0.25) is 0 Å². The zero-order valence-corrected chi connectivity index (χ0v) is 15.0. The highest BCUT2D eigenvalue weighted by molar-refractivity contribution is 7.77. The van der Waals surface area contributed by atoms with Gasteiger partial charge in [-0.3, -0.25) is 4.79 Å². The van der Waals surface area contributed by atoms with Crippen molar-refractivity contribution in [3.8, 4) is 0 Å². The molecule has 3 rings (SSSR count). The summed E-state index contributed by atoms with van der Waals surface area (Å²) in [5.74, 6) is -0.936. The van der Waals surface area contributed by atoms with Crippen molar-refractivity contribution in [3.05, 3.63) is 72.1 Å². The first-order valence-corrected chi connectivity index (χ1v) is 9.87. The summed E-state index contributed by atoms with van der Waals surface area (Å²) in [6.45, 7) is 3.07. The predicted molar refractivity (Wildman–Crippen MR) is 103 cm³/mol. The number of benzene rings is 2. The molecule has 0 amide bonds. The molecule has 0 bridgehead atoms. The van der Waals surface area contributed by atoms with E-state index in [1.54, 1.807) is 13.0 Å². The lowest BCUT2D eigenvalue weighted by Gasteiger charge is -2.43. The number of rotatable bonds is 5. The van der Waals surface area contributed by atoms with Gasteiger partial charge in [-0.1, -0.05) is 42.5 Å². The van der Waals surface area contributed by atoms with Gasteiger partial charge in [0.15, 0.2) is 7.79 Å². The molecular weight excluding hydrogens is 335 g/mol. The zero-order chi connectivity index (χ0) is 17.9. The molecule has 0 unspecified atom stereocenters. The van der Waals surface area contributed by atoms with Crippen molar-refractivity contribution in [1.82, 2.24) is 0 Å². The smallest absolute Gasteiger partial charge is 0.308 e. The zero-order valence-electron chi connectivity index (χ0n) is 14.1. The molecule has 131 valence electrons. The van der Waals surface area contributed by atoms with Gasteiger partial charge in [0.2, 0.25) is 0 Å². The molecule has 1 heterocycles. The van der Waals surface area contributed by atoms with Gasteiger partial charge in [0, 0.05) is 29.8 Å². The van der Waals surface area contributed by atoms with E-state index < -0.39 is 13.8 Å². The van der Waals surface area contributed by atoms with Crippen LogP contribution >= 0.6 is 7.79 Å². The Morgan fingerprint density at radius 3 is 1.80 bits per heavy atom. The van der Waals surface area contributed by atoms with Crippen LogP contribution in [0.1, 0.15) is 13.3 Å². The third-order valence-electron chi connectivity index (χ3n) is 4.36. The van der Waals surface area contributed by atoms with Crippen LogP contribution < -0.4 is 9.34 Å². The van der Waals surface area contributed by atoms with E-state index in [4.69, 9.17) is 0 Å². The van der Waals surface area contributed by atoms with Gasteiger partial charge in [0.05, 0.1) is 6.42 Å². The lowest BCUT2D eigenvalue weighted by molar-refractivity contribution is -0.136. The van der Waals surface area contributed by atoms with Gasteiger partial charge in [0.25, 0.3) is 0 Å². The SMILES string of the molecule is C/C=C(/CC(=O)O)[P]1(O)N(c2ccccc2)CCN1c1ccccc1. The maximum absolute atomic E-state index is 11.9. The molecule has 25 heavy (non-hydrogen) atoms. The third kappa shape index (κ3) is 3.26. The minimum atomic E-state index is -3.00. The largest absolute Gasteiger partial charge is 0.481 e. The summed E-state index contributed by atoms with van der Waals surface area (Å²) < 4.78 is 3.94. The number of nitrogens with zero attached hydrogens (tertiary/aromatic N) is 2. The Bertz CT molecular complexity index is 717. The number of allylic oxidation sites excluding steroid dienone is 1. The highest BCUT2D eigenvalue weighted by Crippen LogP contribution is 2.72. The molecule has 2 aromatic rings. The Morgan fingerprint density at radius 1 is 1.00 bits per heavy atom. The second-order valence-corrected chi connectivity index (χ2v) is 8.51. The number of carbonyl (C=O) groups is 1. The maximum Gasteiger partial charge on any atom is 0.308 e. The molecule has 6 heteroatoms. The van der Waals surface area contributed by atoms with E-state index in [9.17, 15) is 14.8 Å². The normalized spacial score (nSPS) is 17.0. The summed E-state index contributed by atoms with van der Waals surface area (Å²) in [6.07, 6.45) is 1.58. The van der Waals surface area contributed by atoms with Gasteiger partial charge in [-0.05, 0) is 31.2 Å². The summed E-state index contributed by atoms with van der Waals surface area (Å²) in [4.78, 5) is 23.2. The van der Waals surface area contributed by atoms with Gasteiger partial charge < -0.3 is 19.3 Å². The number of para-hydroxylation sites is 2. The fourth-order valence-corrected chi connectivity index (χ4v) is 6.45.